The maximum Gasteiger partial charge on any atom is 0.513 e. The third-order valence-corrected chi connectivity index (χ3v) is 8.91. The van der Waals surface area contributed by atoms with E-state index in [1.165, 1.54) is 6.92 Å². The molecule has 0 spiro atoms. The summed E-state index contributed by atoms with van der Waals surface area (Å²) in [6.45, 7) is 5.20. The van der Waals surface area contributed by atoms with E-state index in [0.717, 1.165) is 75.3 Å². The van der Waals surface area contributed by atoms with Gasteiger partial charge in [0.2, 0.25) is 0 Å². The van der Waals surface area contributed by atoms with Crippen molar-refractivity contribution in [2.24, 2.45) is 11.3 Å². The first-order valence-corrected chi connectivity index (χ1v) is 18.5. The van der Waals surface area contributed by atoms with Crippen molar-refractivity contribution in [2.75, 3.05) is 26.4 Å². The van der Waals surface area contributed by atoms with E-state index in [4.69, 9.17) is 23.7 Å². The zero-order valence-corrected chi connectivity index (χ0v) is 31.2. The van der Waals surface area contributed by atoms with Gasteiger partial charge in [-0.05, 0) is 85.3 Å². The van der Waals surface area contributed by atoms with Crippen LogP contribution in [0.1, 0.15) is 102 Å². The van der Waals surface area contributed by atoms with Crippen LogP contribution in [0, 0.1) is 11.3 Å². The number of aliphatic hydroxyl groups is 2. The highest BCUT2D eigenvalue weighted by atomic mass is 16.7. The van der Waals surface area contributed by atoms with E-state index in [-0.39, 0.29) is 18.5 Å². The third kappa shape index (κ3) is 15.4. The number of esters is 3. The van der Waals surface area contributed by atoms with E-state index in [1.54, 1.807) is 48.5 Å². The fourth-order valence-electron chi connectivity index (χ4n) is 5.02. The van der Waals surface area contributed by atoms with Gasteiger partial charge in [-0.2, -0.15) is 0 Å². The predicted molar refractivity (Wildman–Crippen MR) is 200 cm³/mol. The Hall–Kier alpha value is -4.74. The molecule has 3 aromatic carbocycles. The smallest absolute Gasteiger partial charge is 0.465 e. The average molecular weight is 735 g/mol. The van der Waals surface area contributed by atoms with Crippen molar-refractivity contribution in [1.82, 2.24) is 0 Å². The van der Waals surface area contributed by atoms with Gasteiger partial charge in [0.25, 0.3) is 0 Å². The maximum absolute atomic E-state index is 12.7. The molecule has 1 atom stereocenters. The lowest BCUT2D eigenvalue weighted by atomic mass is 9.93. The van der Waals surface area contributed by atoms with Gasteiger partial charge >= 0.3 is 24.1 Å². The lowest BCUT2D eigenvalue weighted by Crippen LogP contribution is -2.37. The minimum Gasteiger partial charge on any atom is -0.465 e. The Kier molecular flexibility index (Phi) is 18.5. The summed E-state index contributed by atoms with van der Waals surface area (Å²) in [5, 5.41) is 18.5. The molecule has 53 heavy (non-hydrogen) atoms. The number of ether oxygens (including phenoxy) is 5. The predicted octanol–water partition coefficient (Wildman–Crippen LogP) is 8.47. The highest BCUT2D eigenvalue weighted by Gasteiger charge is 2.33. The zero-order valence-electron chi connectivity index (χ0n) is 31.2. The minimum atomic E-state index is -1.25. The van der Waals surface area contributed by atoms with Gasteiger partial charge in [0, 0.05) is 6.42 Å². The van der Waals surface area contributed by atoms with E-state index in [2.05, 4.69) is 0 Å². The SMILES string of the molecule is CCC(C)COC(=O)Oc1ccc(-c2ccc(OC(=O)c3ccc(OC(=O)CCCCCCCCCCCOC(=O)C(C)(CO)CO)cc3)cc2)cc1. The first-order valence-electron chi connectivity index (χ1n) is 18.5. The lowest BCUT2D eigenvalue weighted by molar-refractivity contribution is -0.160. The summed E-state index contributed by atoms with van der Waals surface area (Å²) in [4.78, 5) is 48.8. The van der Waals surface area contributed by atoms with E-state index < -0.39 is 36.7 Å². The van der Waals surface area contributed by atoms with Gasteiger partial charge in [-0.3, -0.25) is 9.59 Å². The Morgan fingerprint density at radius 2 is 1.09 bits per heavy atom. The minimum absolute atomic E-state index is 0.267. The molecular weight excluding hydrogens is 680 g/mol. The Labute approximate surface area is 312 Å². The van der Waals surface area contributed by atoms with Crippen LogP contribution in [-0.2, 0) is 19.1 Å². The van der Waals surface area contributed by atoms with E-state index in [9.17, 15) is 29.4 Å². The molecule has 0 aliphatic rings. The quantitative estimate of drug-likeness (QED) is 0.0417. The molecule has 0 aromatic heterocycles. The van der Waals surface area contributed by atoms with Gasteiger partial charge in [0.15, 0.2) is 0 Å². The molecular formula is C42H54O11. The Bertz CT molecular complexity index is 1550. The number of rotatable bonds is 23. The first-order chi connectivity index (χ1) is 25.6. The highest BCUT2D eigenvalue weighted by molar-refractivity contribution is 5.91. The number of carbonyl (C=O) groups is 4. The number of unbranched alkanes of at least 4 members (excludes halogenated alkanes) is 8. The van der Waals surface area contributed by atoms with Crippen LogP contribution < -0.4 is 14.2 Å². The molecule has 0 aliphatic carbocycles. The van der Waals surface area contributed by atoms with Gasteiger partial charge in [-0.25, -0.2) is 9.59 Å². The second-order valence-corrected chi connectivity index (χ2v) is 13.6. The number of hydrogen-bond donors (Lipinski definition) is 2. The molecule has 0 bridgehead atoms. The van der Waals surface area contributed by atoms with E-state index >= 15 is 0 Å². The number of carbonyl (C=O) groups excluding carboxylic acids is 4. The van der Waals surface area contributed by atoms with Crippen LogP contribution in [0.25, 0.3) is 11.1 Å². The van der Waals surface area contributed by atoms with Crippen LogP contribution >= 0.6 is 0 Å². The van der Waals surface area contributed by atoms with Crippen LogP contribution in [-0.4, -0.2) is 60.7 Å². The molecule has 0 fully saturated rings. The fraction of sp³-hybridized carbons (Fsp3) is 0.476. The largest absolute Gasteiger partial charge is 0.513 e. The van der Waals surface area contributed by atoms with Crippen LogP contribution in [0.15, 0.2) is 72.8 Å². The summed E-state index contributed by atoms with van der Waals surface area (Å²) in [6, 6.07) is 20.3. The Morgan fingerprint density at radius 1 is 0.623 bits per heavy atom. The van der Waals surface area contributed by atoms with Crippen molar-refractivity contribution in [3.63, 3.8) is 0 Å². The molecule has 2 N–H and O–H groups in total. The molecule has 0 amide bonds. The van der Waals surface area contributed by atoms with Gasteiger partial charge in [0.05, 0.1) is 32.0 Å². The highest BCUT2D eigenvalue weighted by Crippen LogP contribution is 2.26. The Balaban J connectivity index is 1.27. The van der Waals surface area contributed by atoms with Crippen LogP contribution in [0.4, 0.5) is 4.79 Å². The van der Waals surface area contributed by atoms with Crippen molar-refractivity contribution in [1.29, 1.82) is 0 Å². The van der Waals surface area contributed by atoms with Gasteiger partial charge in [0.1, 0.15) is 22.7 Å². The summed E-state index contributed by atoms with van der Waals surface area (Å²) < 4.78 is 26.5. The summed E-state index contributed by atoms with van der Waals surface area (Å²) in [6.07, 6.45) is 9.20. The molecule has 0 aliphatic heterocycles. The number of aliphatic hydroxyl groups excluding tert-OH is 2. The molecule has 3 aromatic rings. The first kappa shape index (κ1) is 42.7. The second kappa shape index (κ2) is 23.0. The Morgan fingerprint density at radius 3 is 1.62 bits per heavy atom. The van der Waals surface area contributed by atoms with E-state index in [1.807, 2.05) is 38.1 Å². The van der Waals surface area contributed by atoms with Crippen molar-refractivity contribution in [2.45, 2.75) is 91.4 Å². The number of hydrogen-bond acceptors (Lipinski definition) is 11. The topological polar surface area (TPSA) is 155 Å². The molecule has 11 heteroatoms. The molecule has 0 heterocycles. The van der Waals surface area contributed by atoms with Crippen molar-refractivity contribution in [3.05, 3.63) is 78.4 Å². The summed E-state index contributed by atoms with van der Waals surface area (Å²) in [7, 11) is 0. The third-order valence-electron chi connectivity index (χ3n) is 8.91. The van der Waals surface area contributed by atoms with Crippen LogP contribution in [0.3, 0.4) is 0 Å². The van der Waals surface area contributed by atoms with Gasteiger partial charge in [-0.15, -0.1) is 0 Å². The molecule has 3 rings (SSSR count). The maximum atomic E-state index is 12.7. The van der Waals surface area contributed by atoms with Crippen molar-refractivity contribution < 1.29 is 53.1 Å². The molecule has 0 saturated heterocycles. The fourth-order valence-corrected chi connectivity index (χ4v) is 5.02. The summed E-state index contributed by atoms with van der Waals surface area (Å²) >= 11 is 0. The van der Waals surface area contributed by atoms with Crippen LogP contribution in [0.5, 0.6) is 17.2 Å². The molecule has 0 radical (unpaired) electrons. The normalized spacial score (nSPS) is 11.7. The molecule has 1 unspecified atom stereocenters. The summed E-state index contributed by atoms with van der Waals surface area (Å²) in [5.41, 5.74) is 0.845. The van der Waals surface area contributed by atoms with Crippen LogP contribution in [0.2, 0.25) is 0 Å². The average Bonchev–Trinajstić information content (AvgIpc) is 3.17. The molecule has 11 nitrogen and oxygen atoms in total. The standard InChI is InChI=1S/C42H54O11/c1-4-31(2)28-50-41(48)53-37-23-17-33(18-24-37)32-15-21-36(22-16-32)52-39(46)34-19-25-35(26-20-34)51-38(45)14-12-10-8-6-5-7-9-11-13-27-49-40(47)42(3,29-43)30-44/h15-26,31,43-44H,4-14,27-30H2,1-3H3. The second-order valence-electron chi connectivity index (χ2n) is 13.6. The van der Waals surface area contributed by atoms with Crippen molar-refractivity contribution >= 4 is 24.1 Å². The number of benzene rings is 3. The summed E-state index contributed by atoms with van der Waals surface area (Å²) in [5.74, 6) is -0.0460. The van der Waals surface area contributed by atoms with Gasteiger partial charge in [-0.1, -0.05) is 89.5 Å². The molecule has 0 saturated carbocycles. The zero-order chi connectivity index (χ0) is 38.5. The monoisotopic (exact) mass is 734 g/mol. The van der Waals surface area contributed by atoms with Crippen molar-refractivity contribution in [3.8, 4) is 28.4 Å². The van der Waals surface area contributed by atoms with E-state index in [0.29, 0.717) is 35.8 Å². The lowest BCUT2D eigenvalue weighted by Gasteiger charge is -2.22. The van der Waals surface area contributed by atoms with Gasteiger partial charge < -0.3 is 33.9 Å². The molecule has 288 valence electrons.